The summed E-state index contributed by atoms with van der Waals surface area (Å²) in [6, 6.07) is 13.6. The molecule has 1 atom stereocenters. The van der Waals surface area contributed by atoms with E-state index in [0.717, 1.165) is 10.6 Å². The van der Waals surface area contributed by atoms with E-state index in [1.54, 1.807) is 24.3 Å². The van der Waals surface area contributed by atoms with E-state index in [1.165, 1.54) is 16.9 Å². The molecule has 150 valence electrons. The van der Waals surface area contributed by atoms with Crippen molar-refractivity contribution in [3.05, 3.63) is 75.8 Å². The molecule has 2 amide bonds. The van der Waals surface area contributed by atoms with Gasteiger partial charge in [0.15, 0.2) is 0 Å². The molecule has 0 aliphatic carbocycles. The summed E-state index contributed by atoms with van der Waals surface area (Å²) in [6.45, 7) is 2.09. The van der Waals surface area contributed by atoms with Crippen LogP contribution in [0.15, 0.2) is 53.9 Å². The molecular formula is C21H20ClN3O3S. The zero-order valence-electron chi connectivity index (χ0n) is 15.7. The summed E-state index contributed by atoms with van der Waals surface area (Å²) >= 11 is 7.38. The van der Waals surface area contributed by atoms with E-state index in [4.69, 9.17) is 22.1 Å². The normalized spacial score (nSPS) is 11.7. The Morgan fingerprint density at radius 3 is 2.52 bits per heavy atom. The second kappa shape index (κ2) is 9.54. The highest BCUT2D eigenvalue weighted by atomic mass is 35.5. The first-order valence-corrected chi connectivity index (χ1v) is 10.1. The Morgan fingerprint density at radius 2 is 1.86 bits per heavy atom. The van der Waals surface area contributed by atoms with Crippen molar-refractivity contribution >= 4 is 34.9 Å². The van der Waals surface area contributed by atoms with Gasteiger partial charge < -0.3 is 15.8 Å². The van der Waals surface area contributed by atoms with Crippen molar-refractivity contribution in [2.24, 2.45) is 5.73 Å². The van der Waals surface area contributed by atoms with Crippen LogP contribution >= 0.6 is 22.9 Å². The highest BCUT2D eigenvalue weighted by molar-refractivity contribution is 7.13. The van der Waals surface area contributed by atoms with E-state index in [1.807, 2.05) is 36.6 Å². The summed E-state index contributed by atoms with van der Waals surface area (Å²) in [7, 11) is 0. The lowest BCUT2D eigenvalue weighted by atomic mass is 10.0. The van der Waals surface area contributed by atoms with Crippen molar-refractivity contribution in [1.29, 1.82) is 0 Å². The van der Waals surface area contributed by atoms with Crippen molar-refractivity contribution in [2.45, 2.75) is 26.0 Å². The Balaban J connectivity index is 1.59. The van der Waals surface area contributed by atoms with Gasteiger partial charge in [-0.25, -0.2) is 9.78 Å². The number of aromatic nitrogens is 1. The molecule has 0 aliphatic heterocycles. The smallest absolute Gasteiger partial charge is 0.312 e. The Hall–Kier alpha value is -2.90. The van der Waals surface area contributed by atoms with Crippen LogP contribution in [0, 0.1) is 6.92 Å². The monoisotopic (exact) mass is 429 g/mol. The first-order chi connectivity index (χ1) is 13.9. The van der Waals surface area contributed by atoms with Gasteiger partial charge in [-0.15, -0.1) is 11.3 Å². The minimum Gasteiger partial charge on any atom is -0.459 e. The van der Waals surface area contributed by atoms with Crippen molar-refractivity contribution < 1.29 is 14.3 Å². The summed E-state index contributed by atoms with van der Waals surface area (Å²) in [5.41, 5.74) is 8.81. The second-order valence-electron chi connectivity index (χ2n) is 6.49. The number of benzene rings is 2. The van der Waals surface area contributed by atoms with E-state index in [-0.39, 0.29) is 13.0 Å². The molecule has 0 bridgehead atoms. The molecule has 2 aromatic carbocycles. The largest absolute Gasteiger partial charge is 0.459 e. The molecule has 0 fully saturated rings. The maximum Gasteiger partial charge on any atom is 0.312 e. The molecule has 1 aromatic heterocycles. The Kier molecular flexibility index (Phi) is 6.85. The average Bonchev–Trinajstić information content (AvgIpc) is 3.16. The summed E-state index contributed by atoms with van der Waals surface area (Å²) in [6.07, 6.45) is -0.0560. The number of halogens is 1. The van der Waals surface area contributed by atoms with Crippen LogP contribution in [0.4, 0.5) is 4.79 Å². The fraction of sp³-hybridized carbons (Fsp3) is 0.190. The van der Waals surface area contributed by atoms with Gasteiger partial charge in [-0.2, -0.15) is 0 Å². The molecule has 0 radical (unpaired) electrons. The third kappa shape index (κ3) is 6.04. The van der Waals surface area contributed by atoms with E-state index in [9.17, 15) is 9.59 Å². The van der Waals surface area contributed by atoms with Crippen LogP contribution in [0.3, 0.4) is 0 Å². The van der Waals surface area contributed by atoms with Gasteiger partial charge in [0.2, 0.25) is 0 Å². The van der Waals surface area contributed by atoms with Gasteiger partial charge in [0.05, 0.1) is 18.2 Å². The summed E-state index contributed by atoms with van der Waals surface area (Å²) < 4.78 is 5.34. The van der Waals surface area contributed by atoms with Crippen LogP contribution in [0.5, 0.6) is 0 Å². The highest BCUT2D eigenvalue weighted by Gasteiger charge is 2.19. The topological polar surface area (TPSA) is 94.3 Å². The second-order valence-corrected chi connectivity index (χ2v) is 7.78. The van der Waals surface area contributed by atoms with Gasteiger partial charge in [-0.3, -0.25) is 4.79 Å². The molecule has 0 aliphatic rings. The number of nitrogens with zero attached hydrogens (tertiary/aromatic N) is 1. The van der Waals surface area contributed by atoms with Gasteiger partial charge in [0, 0.05) is 16.0 Å². The fourth-order valence-electron chi connectivity index (χ4n) is 2.70. The predicted octanol–water partition coefficient (Wildman–Crippen LogP) is 4.61. The number of nitrogens with two attached hydrogens (primary N) is 1. The van der Waals surface area contributed by atoms with Crippen LogP contribution in [0.25, 0.3) is 10.6 Å². The zero-order chi connectivity index (χ0) is 20.8. The number of urea groups is 1. The summed E-state index contributed by atoms with van der Waals surface area (Å²) in [4.78, 5) is 28.1. The number of ether oxygens (including phenoxy) is 1. The molecule has 3 rings (SSSR count). The lowest BCUT2D eigenvalue weighted by Gasteiger charge is -2.17. The molecular weight excluding hydrogens is 410 g/mol. The van der Waals surface area contributed by atoms with Crippen LogP contribution in [-0.2, 0) is 16.1 Å². The quantitative estimate of drug-likeness (QED) is 0.536. The number of carbonyl (C=O) groups excluding carboxylic acids is 2. The maximum atomic E-state index is 12.3. The van der Waals surface area contributed by atoms with E-state index in [2.05, 4.69) is 10.3 Å². The minimum atomic E-state index is -0.722. The zero-order valence-corrected chi connectivity index (χ0v) is 17.3. The number of carbonyl (C=O) groups is 2. The first-order valence-electron chi connectivity index (χ1n) is 8.89. The number of hydrogen-bond acceptors (Lipinski definition) is 5. The van der Waals surface area contributed by atoms with Crippen LogP contribution in [0.2, 0.25) is 5.02 Å². The van der Waals surface area contributed by atoms with Crippen LogP contribution < -0.4 is 11.1 Å². The number of primary amides is 1. The fourth-order valence-corrected chi connectivity index (χ4v) is 3.64. The minimum absolute atomic E-state index is 0.0560. The number of hydrogen-bond donors (Lipinski definition) is 2. The number of thiazole rings is 1. The van der Waals surface area contributed by atoms with Gasteiger partial charge >= 0.3 is 12.0 Å². The van der Waals surface area contributed by atoms with Gasteiger partial charge in [0.1, 0.15) is 11.6 Å². The Labute approximate surface area is 177 Å². The standard InChI is InChI=1S/C21H20ClN3O3S/c1-13-2-4-15(5-3-13)20-24-17(12-29-20)11-28-19(26)10-18(25-21(23)27)14-6-8-16(22)9-7-14/h2-9,12,18H,10-11H2,1H3,(H3,23,25,27). The Bertz CT molecular complexity index is 987. The number of amides is 2. The molecule has 1 heterocycles. The van der Waals surface area contributed by atoms with E-state index in [0.29, 0.717) is 16.3 Å². The number of aryl methyl sites for hydroxylation is 1. The lowest BCUT2D eigenvalue weighted by Crippen LogP contribution is -2.34. The maximum absolute atomic E-state index is 12.3. The molecule has 3 N–H and O–H groups in total. The van der Waals surface area contributed by atoms with Crippen molar-refractivity contribution in [2.75, 3.05) is 0 Å². The average molecular weight is 430 g/mol. The van der Waals surface area contributed by atoms with E-state index < -0.39 is 18.0 Å². The number of esters is 1. The molecule has 3 aromatic rings. The molecule has 29 heavy (non-hydrogen) atoms. The Morgan fingerprint density at radius 1 is 1.17 bits per heavy atom. The SMILES string of the molecule is Cc1ccc(-c2nc(COC(=O)CC(NC(N)=O)c3ccc(Cl)cc3)cs2)cc1. The first kappa shape index (κ1) is 20.8. The van der Waals surface area contributed by atoms with Gasteiger partial charge in [0.25, 0.3) is 0 Å². The van der Waals surface area contributed by atoms with Crippen molar-refractivity contribution in [1.82, 2.24) is 10.3 Å². The summed E-state index contributed by atoms with van der Waals surface area (Å²) in [5, 5.41) is 5.84. The van der Waals surface area contributed by atoms with Crippen molar-refractivity contribution in [3.8, 4) is 10.6 Å². The number of nitrogens with one attached hydrogen (secondary N) is 1. The van der Waals surface area contributed by atoms with Crippen LogP contribution in [-0.4, -0.2) is 17.0 Å². The molecule has 0 spiro atoms. The molecule has 8 heteroatoms. The third-order valence-electron chi connectivity index (χ3n) is 4.19. The van der Waals surface area contributed by atoms with Crippen molar-refractivity contribution in [3.63, 3.8) is 0 Å². The lowest BCUT2D eigenvalue weighted by molar-refractivity contribution is -0.145. The van der Waals surface area contributed by atoms with Gasteiger partial charge in [-0.05, 0) is 24.6 Å². The molecule has 1 unspecified atom stereocenters. The highest BCUT2D eigenvalue weighted by Crippen LogP contribution is 2.25. The molecule has 0 saturated heterocycles. The summed E-state index contributed by atoms with van der Waals surface area (Å²) in [5.74, 6) is -0.469. The van der Waals surface area contributed by atoms with Crippen LogP contribution in [0.1, 0.15) is 29.3 Å². The number of rotatable bonds is 7. The molecule has 0 saturated carbocycles. The predicted molar refractivity (Wildman–Crippen MR) is 114 cm³/mol. The van der Waals surface area contributed by atoms with Gasteiger partial charge in [-0.1, -0.05) is 53.6 Å². The molecule has 6 nitrogen and oxygen atoms in total. The third-order valence-corrected chi connectivity index (χ3v) is 5.38. The van der Waals surface area contributed by atoms with E-state index >= 15 is 0 Å².